The summed E-state index contributed by atoms with van der Waals surface area (Å²) in [4.78, 5) is 2.73. The number of hydrogen-bond acceptors (Lipinski definition) is 2. The average molecular weight is 238 g/mol. The first-order valence-corrected chi connectivity index (χ1v) is 7.79. The topological polar surface area (TPSA) is 15.3 Å². The molecule has 1 saturated carbocycles. The van der Waals surface area contributed by atoms with Gasteiger partial charge in [-0.1, -0.05) is 20.3 Å². The average Bonchev–Trinajstić information content (AvgIpc) is 3.19. The van der Waals surface area contributed by atoms with Gasteiger partial charge in [0.05, 0.1) is 0 Å². The number of likely N-dealkylation sites (tertiary alicyclic amines) is 1. The molecule has 2 heteroatoms. The molecule has 0 aromatic carbocycles. The Morgan fingerprint density at radius 3 is 2.71 bits per heavy atom. The summed E-state index contributed by atoms with van der Waals surface area (Å²) in [6, 6.07) is 0.783. The first kappa shape index (κ1) is 13.4. The molecule has 0 radical (unpaired) electrons. The Morgan fingerprint density at radius 1 is 1.24 bits per heavy atom. The van der Waals surface area contributed by atoms with E-state index in [-0.39, 0.29) is 0 Å². The van der Waals surface area contributed by atoms with Crippen molar-refractivity contribution in [3.8, 4) is 0 Å². The Hall–Kier alpha value is -0.0800. The second-order valence-electron chi connectivity index (χ2n) is 6.07. The van der Waals surface area contributed by atoms with Crippen molar-refractivity contribution >= 4 is 0 Å². The van der Waals surface area contributed by atoms with E-state index in [4.69, 9.17) is 0 Å². The van der Waals surface area contributed by atoms with Gasteiger partial charge in [0.2, 0.25) is 0 Å². The second kappa shape index (κ2) is 6.75. The van der Waals surface area contributed by atoms with E-state index in [1.54, 1.807) is 0 Å². The highest BCUT2D eigenvalue weighted by Gasteiger charge is 2.32. The lowest BCUT2D eigenvalue weighted by molar-refractivity contribution is 0.151. The quantitative estimate of drug-likeness (QED) is 0.733. The van der Waals surface area contributed by atoms with Crippen molar-refractivity contribution in [2.45, 2.75) is 58.4 Å². The monoisotopic (exact) mass is 238 g/mol. The largest absolute Gasteiger partial charge is 0.312 e. The maximum absolute atomic E-state index is 3.77. The van der Waals surface area contributed by atoms with E-state index in [9.17, 15) is 0 Å². The van der Waals surface area contributed by atoms with Crippen molar-refractivity contribution in [2.75, 3.05) is 26.2 Å². The molecular weight excluding hydrogens is 208 g/mol. The summed E-state index contributed by atoms with van der Waals surface area (Å²) in [5, 5.41) is 3.77. The van der Waals surface area contributed by atoms with Gasteiger partial charge in [-0.25, -0.2) is 0 Å². The highest BCUT2D eigenvalue weighted by atomic mass is 15.2. The van der Waals surface area contributed by atoms with Gasteiger partial charge < -0.3 is 10.2 Å². The molecular formula is C15H30N2. The summed E-state index contributed by atoms with van der Waals surface area (Å²) < 4.78 is 0. The SMILES string of the molecule is CCCNC(CN1CCCC(CC)C1)C1CC1. The third-order valence-electron chi connectivity index (χ3n) is 4.48. The van der Waals surface area contributed by atoms with Crippen molar-refractivity contribution in [3.63, 3.8) is 0 Å². The molecule has 1 N–H and O–H groups in total. The number of piperidine rings is 1. The summed E-state index contributed by atoms with van der Waals surface area (Å²) in [6.45, 7) is 9.82. The van der Waals surface area contributed by atoms with Gasteiger partial charge in [-0.05, 0) is 57.0 Å². The van der Waals surface area contributed by atoms with Gasteiger partial charge in [-0.2, -0.15) is 0 Å². The minimum Gasteiger partial charge on any atom is -0.312 e. The van der Waals surface area contributed by atoms with Gasteiger partial charge in [0.15, 0.2) is 0 Å². The maximum Gasteiger partial charge on any atom is 0.0223 e. The van der Waals surface area contributed by atoms with Crippen LogP contribution in [0.1, 0.15) is 52.4 Å². The van der Waals surface area contributed by atoms with Gasteiger partial charge in [-0.3, -0.25) is 0 Å². The Labute approximate surface area is 107 Å². The van der Waals surface area contributed by atoms with Crippen molar-refractivity contribution < 1.29 is 0 Å². The van der Waals surface area contributed by atoms with Crippen LogP contribution in [0, 0.1) is 11.8 Å². The van der Waals surface area contributed by atoms with Crippen LogP contribution in [-0.4, -0.2) is 37.1 Å². The van der Waals surface area contributed by atoms with Crippen LogP contribution in [0.3, 0.4) is 0 Å². The summed E-state index contributed by atoms with van der Waals surface area (Å²) in [6.07, 6.45) is 8.44. The van der Waals surface area contributed by atoms with Crippen LogP contribution in [-0.2, 0) is 0 Å². The van der Waals surface area contributed by atoms with Crippen molar-refractivity contribution in [3.05, 3.63) is 0 Å². The zero-order chi connectivity index (χ0) is 12.1. The first-order valence-electron chi connectivity index (χ1n) is 7.79. The third kappa shape index (κ3) is 4.26. The number of rotatable bonds is 7. The van der Waals surface area contributed by atoms with E-state index < -0.39 is 0 Å². The van der Waals surface area contributed by atoms with Gasteiger partial charge in [0.1, 0.15) is 0 Å². The molecule has 1 saturated heterocycles. The summed E-state index contributed by atoms with van der Waals surface area (Å²) in [5.41, 5.74) is 0. The molecule has 0 spiro atoms. The minimum absolute atomic E-state index is 0.783. The van der Waals surface area contributed by atoms with E-state index in [2.05, 4.69) is 24.1 Å². The normalized spacial score (nSPS) is 28.2. The molecule has 0 bridgehead atoms. The summed E-state index contributed by atoms with van der Waals surface area (Å²) in [7, 11) is 0. The van der Waals surface area contributed by atoms with Crippen LogP contribution in [0.2, 0.25) is 0 Å². The fourth-order valence-electron chi connectivity index (χ4n) is 3.14. The zero-order valence-electron chi connectivity index (χ0n) is 11.8. The molecule has 0 amide bonds. The van der Waals surface area contributed by atoms with Crippen molar-refractivity contribution in [1.29, 1.82) is 0 Å². The highest BCUT2D eigenvalue weighted by Crippen LogP contribution is 2.33. The zero-order valence-corrected chi connectivity index (χ0v) is 11.8. The van der Waals surface area contributed by atoms with E-state index in [0.717, 1.165) is 17.9 Å². The first-order chi connectivity index (χ1) is 8.33. The predicted molar refractivity (Wildman–Crippen MR) is 74.3 cm³/mol. The molecule has 1 aliphatic heterocycles. The fraction of sp³-hybridized carbons (Fsp3) is 1.00. The molecule has 2 atom stereocenters. The van der Waals surface area contributed by atoms with E-state index in [0.29, 0.717) is 0 Å². The number of hydrogen-bond donors (Lipinski definition) is 1. The van der Waals surface area contributed by atoms with E-state index in [1.807, 2.05) is 0 Å². The molecule has 17 heavy (non-hydrogen) atoms. The standard InChI is InChI=1S/C15H30N2/c1-3-9-16-15(14-7-8-14)12-17-10-5-6-13(4-2)11-17/h13-16H,3-12H2,1-2H3. The summed E-state index contributed by atoms with van der Waals surface area (Å²) >= 11 is 0. The molecule has 1 heterocycles. The smallest absolute Gasteiger partial charge is 0.0223 e. The molecule has 2 aliphatic rings. The molecule has 2 fully saturated rings. The van der Waals surface area contributed by atoms with Crippen LogP contribution >= 0.6 is 0 Å². The molecule has 2 rings (SSSR count). The fourth-order valence-corrected chi connectivity index (χ4v) is 3.14. The molecule has 0 aromatic heterocycles. The highest BCUT2D eigenvalue weighted by molar-refractivity contribution is 4.89. The number of nitrogens with one attached hydrogen (secondary N) is 1. The molecule has 2 nitrogen and oxygen atoms in total. The van der Waals surface area contributed by atoms with E-state index in [1.165, 1.54) is 64.7 Å². The van der Waals surface area contributed by atoms with Gasteiger partial charge >= 0.3 is 0 Å². The lowest BCUT2D eigenvalue weighted by Crippen LogP contribution is -2.46. The van der Waals surface area contributed by atoms with Gasteiger partial charge in [-0.15, -0.1) is 0 Å². The number of nitrogens with zero attached hydrogens (tertiary/aromatic N) is 1. The van der Waals surface area contributed by atoms with Crippen LogP contribution in [0.5, 0.6) is 0 Å². The second-order valence-corrected chi connectivity index (χ2v) is 6.07. The predicted octanol–water partition coefficient (Wildman–Crippen LogP) is 2.89. The molecule has 2 unspecified atom stereocenters. The van der Waals surface area contributed by atoms with Gasteiger partial charge in [0, 0.05) is 19.1 Å². The van der Waals surface area contributed by atoms with Crippen LogP contribution in [0.25, 0.3) is 0 Å². The Bertz CT molecular complexity index is 213. The van der Waals surface area contributed by atoms with Crippen LogP contribution in [0.4, 0.5) is 0 Å². The van der Waals surface area contributed by atoms with Crippen molar-refractivity contribution in [1.82, 2.24) is 10.2 Å². The Balaban J connectivity index is 1.76. The molecule has 1 aliphatic carbocycles. The lowest BCUT2D eigenvalue weighted by atomic mass is 9.95. The van der Waals surface area contributed by atoms with Crippen LogP contribution in [0.15, 0.2) is 0 Å². The maximum atomic E-state index is 3.77. The third-order valence-corrected chi connectivity index (χ3v) is 4.48. The Kier molecular flexibility index (Phi) is 5.30. The van der Waals surface area contributed by atoms with E-state index >= 15 is 0 Å². The molecule has 0 aromatic rings. The molecule has 100 valence electrons. The van der Waals surface area contributed by atoms with Crippen LogP contribution < -0.4 is 5.32 Å². The lowest BCUT2D eigenvalue weighted by Gasteiger charge is -2.35. The Morgan fingerprint density at radius 2 is 2.06 bits per heavy atom. The summed E-state index contributed by atoms with van der Waals surface area (Å²) in [5.74, 6) is 1.96. The van der Waals surface area contributed by atoms with Crippen molar-refractivity contribution in [2.24, 2.45) is 11.8 Å². The minimum atomic E-state index is 0.783. The van der Waals surface area contributed by atoms with Gasteiger partial charge in [0.25, 0.3) is 0 Å².